The zero-order chi connectivity index (χ0) is 22.2. The molecule has 5 heteroatoms. The number of benzene rings is 1. The Labute approximate surface area is 241 Å². The van der Waals surface area contributed by atoms with Crippen LogP contribution < -0.4 is 42.4 Å². The van der Waals surface area contributed by atoms with E-state index in [9.17, 15) is 0 Å². The molecule has 1 saturated carbocycles. The Morgan fingerprint density at radius 3 is 1.97 bits per heavy atom. The van der Waals surface area contributed by atoms with Gasteiger partial charge in [-0.05, 0) is 0 Å². The first-order valence-electron chi connectivity index (χ1n) is 12.3. The van der Waals surface area contributed by atoms with Crippen molar-refractivity contribution in [3.8, 4) is 0 Å². The summed E-state index contributed by atoms with van der Waals surface area (Å²) in [6, 6.07) is 7.32. The largest absolute Gasteiger partial charge is 1.00 e. The number of allylic oxidation sites excluding steroid dienone is 8. The van der Waals surface area contributed by atoms with E-state index in [0.29, 0.717) is 5.41 Å². The molecule has 1 fully saturated rings. The topological polar surface area (TPSA) is 0 Å². The van der Waals surface area contributed by atoms with Crippen molar-refractivity contribution in [2.24, 2.45) is 11.3 Å². The molecule has 3 aliphatic rings. The van der Waals surface area contributed by atoms with Crippen molar-refractivity contribution in [3.63, 3.8) is 0 Å². The van der Waals surface area contributed by atoms with E-state index in [-0.39, 0.29) is 42.3 Å². The van der Waals surface area contributed by atoms with Gasteiger partial charge in [-0.1, -0.05) is 0 Å². The van der Waals surface area contributed by atoms with Crippen LogP contribution in [0.25, 0.3) is 0 Å². The summed E-state index contributed by atoms with van der Waals surface area (Å²) < 4.78 is 1.69. The summed E-state index contributed by atoms with van der Waals surface area (Å²) >= 11 is 2.47. The van der Waals surface area contributed by atoms with E-state index in [4.69, 9.17) is 0 Å². The molecule has 0 amide bonds. The molecule has 0 aliphatic heterocycles. The van der Waals surface area contributed by atoms with Gasteiger partial charge in [-0.15, -0.1) is 0 Å². The van der Waals surface area contributed by atoms with E-state index in [1.165, 1.54) is 56.1 Å². The average molecular weight is 570 g/mol. The predicted octanol–water partition coefficient (Wildman–Crippen LogP) is -2.09. The van der Waals surface area contributed by atoms with E-state index in [1.54, 1.807) is 25.8 Å². The molecule has 0 heterocycles. The Morgan fingerprint density at radius 2 is 1.47 bits per heavy atom. The minimum Gasteiger partial charge on any atom is -1.00 e. The third kappa shape index (κ3) is 6.09. The standard InChI is InChI=1S/C29H39Si.3ClH.Ti/c1-21-16-22(2)18-27(17-21)30-29(19-23(3)24(4)25(29)5)20-28(14-10-7-11-15-28)26-12-8-6-9-13-26;;;;/h7,10-11,14,16-18,26H,6,8-9,12-13,15,20,30H2,1-5H3;3*1H;/q;;;;+3/p-3. The van der Waals surface area contributed by atoms with Crippen LogP contribution in [0.1, 0.15) is 76.8 Å². The van der Waals surface area contributed by atoms with Crippen molar-refractivity contribution >= 4 is 14.7 Å². The van der Waals surface area contributed by atoms with Crippen LogP contribution in [0.5, 0.6) is 0 Å². The summed E-state index contributed by atoms with van der Waals surface area (Å²) in [7, 11) is -0.534. The molecular weight excluding hydrogens is 531 g/mol. The molecule has 0 spiro atoms. The second-order valence-corrected chi connectivity index (χ2v) is 13.9. The van der Waals surface area contributed by atoms with E-state index < -0.39 is 9.52 Å². The van der Waals surface area contributed by atoms with Crippen LogP contribution in [-0.4, -0.2) is 9.52 Å². The quantitative estimate of drug-likeness (QED) is 0.357. The molecule has 184 valence electrons. The SMILES string of the molecule is CC1=C(C)C(CC2(C3CCCCC3)C=CC=CC2)([SiH2]c2cc(C)cc(C)c2)[C]([Ti+3])=C1C.[Cl-].[Cl-].[Cl-]. The molecule has 2 atom stereocenters. The zero-order valence-electron chi connectivity index (χ0n) is 21.4. The van der Waals surface area contributed by atoms with Crippen molar-refractivity contribution in [1.29, 1.82) is 0 Å². The molecule has 0 radical (unpaired) electrons. The molecular formula is C29H39Cl3SiTi. The average Bonchev–Trinajstić information content (AvgIpc) is 2.90. The Morgan fingerprint density at radius 1 is 0.853 bits per heavy atom. The maximum Gasteiger partial charge on any atom is -1.00 e. The molecule has 0 saturated heterocycles. The Hall–Kier alpha value is -0.0188. The molecule has 0 N–H and O–H groups in total. The van der Waals surface area contributed by atoms with Gasteiger partial charge in [0.2, 0.25) is 0 Å². The molecule has 1 aromatic rings. The first kappa shape index (κ1) is 32.0. The van der Waals surface area contributed by atoms with Crippen LogP contribution in [-0.2, 0) is 20.4 Å². The predicted molar refractivity (Wildman–Crippen MR) is 134 cm³/mol. The second-order valence-electron chi connectivity index (χ2n) is 10.7. The fourth-order valence-corrected chi connectivity index (χ4v) is 11.1. The van der Waals surface area contributed by atoms with Gasteiger partial charge in [0.05, 0.1) is 0 Å². The van der Waals surface area contributed by atoms with Crippen molar-refractivity contribution < 1.29 is 57.7 Å². The maximum atomic E-state index is 2.64. The zero-order valence-corrected chi connectivity index (χ0v) is 26.7. The summed E-state index contributed by atoms with van der Waals surface area (Å²) in [6.07, 6.45) is 19.4. The van der Waals surface area contributed by atoms with Crippen LogP contribution >= 0.6 is 0 Å². The Balaban J connectivity index is 0.00000193. The summed E-state index contributed by atoms with van der Waals surface area (Å²) in [5, 5.41) is 1.93. The van der Waals surface area contributed by atoms with Crippen molar-refractivity contribution in [2.75, 3.05) is 0 Å². The van der Waals surface area contributed by atoms with Gasteiger partial charge in [0.1, 0.15) is 0 Å². The fraction of sp³-hybridized carbons (Fsp3) is 0.517. The van der Waals surface area contributed by atoms with Gasteiger partial charge in [0.25, 0.3) is 0 Å². The van der Waals surface area contributed by atoms with Crippen LogP contribution in [0.4, 0.5) is 0 Å². The van der Waals surface area contributed by atoms with Crippen molar-refractivity contribution in [1.82, 2.24) is 0 Å². The summed E-state index contributed by atoms with van der Waals surface area (Å²) in [6.45, 7) is 11.8. The third-order valence-electron chi connectivity index (χ3n) is 8.71. The van der Waals surface area contributed by atoms with Gasteiger partial charge in [-0.2, -0.15) is 0 Å². The van der Waals surface area contributed by atoms with E-state index in [1.807, 2.05) is 0 Å². The first-order valence-corrected chi connectivity index (χ1v) is 14.5. The van der Waals surface area contributed by atoms with Gasteiger partial charge in [-0.25, -0.2) is 0 Å². The van der Waals surface area contributed by atoms with Gasteiger partial charge in [-0.3, -0.25) is 0 Å². The van der Waals surface area contributed by atoms with Crippen LogP contribution in [0, 0.1) is 25.2 Å². The van der Waals surface area contributed by atoms with Gasteiger partial charge >= 0.3 is 205 Å². The number of hydrogen-bond donors (Lipinski definition) is 0. The van der Waals surface area contributed by atoms with Gasteiger partial charge in [0.15, 0.2) is 0 Å². The fourth-order valence-electron chi connectivity index (χ4n) is 6.90. The minimum atomic E-state index is -0.534. The van der Waals surface area contributed by atoms with Gasteiger partial charge in [0, 0.05) is 0 Å². The minimum absolute atomic E-state index is 0. The van der Waals surface area contributed by atoms with Crippen LogP contribution in [0.3, 0.4) is 0 Å². The number of rotatable bonds is 5. The summed E-state index contributed by atoms with van der Waals surface area (Å²) in [5.74, 6) is 0.842. The summed E-state index contributed by atoms with van der Waals surface area (Å²) in [4.78, 5) is 0. The van der Waals surface area contributed by atoms with Crippen molar-refractivity contribution in [3.05, 3.63) is 74.2 Å². The maximum absolute atomic E-state index is 2.64. The summed E-state index contributed by atoms with van der Waals surface area (Å²) in [5.41, 5.74) is 8.01. The molecule has 3 aliphatic carbocycles. The molecule has 4 rings (SSSR count). The van der Waals surface area contributed by atoms with E-state index in [2.05, 4.69) is 97.6 Å². The first-order chi connectivity index (χ1) is 14.8. The third-order valence-corrected chi connectivity index (χ3v) is 13.1. The smallest absolute Gasteiger partial charge is 1.00 e. The normalized spacial score (nSPS) is 27.1. The van der Waals surface area contributed by atoms with Gasteiger partial charge < -0.3 is 37.2 Å². The van der Waals surface area contributed by atoms with E-state index >= 15 is 0 Å². The molecule has 0 nitrogen and oxygen atoms in total. The number of hydrogen-bond acceptors (Lipinski definition) is 0. The molecule has 34 heavy (non-hydrogen) atoms. The molecule has 0 bridgehead atoms. The number of aryl methyl sites for hydroxylation is 2. The molecule has 2 unspecified atom stereocenters. The van der Waals surface area contributed by atoms with E-state index in [0.717, 1.165) is 5.92 Å². The van der Waals surface area contributed by atoms with Crippen LogP contribution in [0.15, 0.2) is 63.1 Å². The molecule has 1 aromatic carbocycles. The Kier molecular flexibility index (Phi) is 12.2. The van der Waals surface area contributed by atoms with Crippen molar-refractivity contribution in [2.45, 2.75) is 84.6 Å². The monoisotopic (exact) mass is 568 g/mol. The number of halogens is 3. The van der Waals surface area contributed by atoms with Crippen LogP contribution in [0.2, 0.25) is 5.04 Å². The molecule has 0 aromatic heterocycles. The second kappa shape index (κ2) is 13.0. The Bertz CT molecular complexity index is 941.